The van der Waals surface area contributed by atoms with Gasteiger partial charge >= 0.3 is 0 Å². The number of nitrogens with zero attached hydrogens (tertiary/aromatic N) is 3. The van der Waals surface area contributed by atoms with E-state index in [1.165, 1.54) is 36.7 Å². The van der Waals surface area contributed by atoms with Crippen LogP contribution in [-0.2, 0) is 4.79 Å². The van der Waals surface area contributed by atoms with Gasteiger partial charge < -0.3 is 19.4 Å². The van der Waals surface area contributed by atoms with Crippen LogP contribution in [0.4, 0.5) is 11.4 Å². The van der Waals surface area contributed by atoms with Crippen molar-refractivity contribution >= 4 is 29.0 Å². The van der Waals surface area contributed by atoms with Gasteiger partial charge in [0.25, 0.3) is 11.1 Å². The highest BCUT2D eigenvalue weighted by atomic mass is 32.2. The molecule has 1 fully saturated rings. The number of rotatable bonds is 7. The maximum Gasteiger partial charge on any atom is 0.277 e. The van der Waals surface area contributed by atoms with E-state index in [1.54, 1.807) is 7.11 Å². The maximum absolute atomic E-state index is 12.3. The molecule has 7 nitrogen and oxygen atoms in total. The average molecular weight is 425 g/mol. The van der Waals surface area contributed by atoms with Gasteiger partial charge in [0.15, 0.2) is 0 Å². The van der Waals surface area contributed by atoms with Crippen LogP contribution in [0.1, 0.15) is 19.3 Å². The number of hydrogen-bond donors (Lipinski definition) is 1. The molecule has 3 aromatic rings. The molecular formula is C22H24N4O3S. The van der Waals surface area contributed by atoms with E-state index in [0.29, 0.717) is 16.9 Å². The summed E-state index contributed by atoms with van der Waals surface area (Å²) < 4.78 is 11.0. The van der Waals surface area contributed by atoms with Gasteiger partial charge in [0, 0.05) is 24.5 Å². The molecule has 1 aliphatic rings. The second-order valence-corrected chi connectivity index (χ2v) is 7.93. The number of carbonyl (C=O) groups is 1. The molecule has 1 aromatic heterocycles. The molecular weight excluding hydrogens is 400 g/mol. The highest BCUT2D eigenvalue weighted by molar-refractivity contribution is 7.99. The Morgan fingerprint density at radius 2 is 1.87 bits per heavy atom. The van der Waals surface area contributed by atoms with Crippen LogP contribution in [0.25, 0.3) is 11.5 Å². The second-order valence-electron chi connectivity index (χ2n) is 7.00. The Kier molecular flexibility index (Phi) is 6.53. The van der Waals surface area contributed by atoms with Crippen molar-refractivity contribution in [2.45, 2.75) is 24.5 Å². The highest BCUT2D eigenvalue weighted by Crippen LogP contribution is 2.30. The Morgan fingerprint density at radius 3 is 2.63 bits per heavy atom. The number of nitrogens with one attached hydrogen (secondary N) is 1. The van der Waals surface area contributed by atoms with Crippen LogP contribution in [0.3, 0.4) is 0 Å². The van der Waals surface area contributed by atoms with Crippen molar-refractivity contribution in [3.8, 4) is 17.2 Å². The van der Waals surface area contributed by atoms with Gasteiger partial charge in [-0.1, -0.05) is 23.9 Å². The van der Waals surface area contributed by atoms with Gasteiger partial charge in [-0.2, -0.15) is 0 Å². The predicted octanol–water partition coefficient (Wildman–Crippen LogP) is 4.47. The Balaban J connectivity index is 1.30. The van der Waals surface area contributed by atoms with E-state index in [0.717, 1.165) is 24.3 Å². The number of benzene rings is 2. The summed E-state index contributed by atoms with van der Waals surface area (Å²) in [5.74, 6) is 1.08. The molecule has 8 heteroatoms. The summed E-state index contributed by atoms with van der Waals surface area (Å²) in [5.41, 5.74) is 2.70. The lowest BCUT2D eigenvalue weighted by Gasteiger charge is -2.28. The Morgan fingerprint density at radius 1 is 1.10 bits per heavy atom. The van der Waals surface area contributed by atoms with Crippen molar-refractivity contribution in [2.24, 2.45) is 0 Å². The molecule has 0 radical (unpaired) electrons. The first kappa shape index (κ1) is 20.3. The second kappa shape index (κ2) is 9.67. The summed E-state index contributed by atoms with van der Waals surface area (Å²) in [6.07, 6.45) is 3.79. The molecule has 0 atom stereocenters. The van der Waals surface area contributed by atoms with Crippen molar-refractivity contribution in [2.75, 3.05) is 36.2 Å². The number of piperidine rings is 1. The number of carbonyl (C=O) groups excluding carboxylic acids is 1. The normalized spacial score (nSPS) is 13.8. The van der Waals surface area contributed by atoms with Crippen LogP contribution in [0, 0.1) is 0 Å². The third-order valence-electron chi connectivity index (χ3n) is 4.94. The van der Waals surface area contributed by atoms with E-state index in [-0.39, 0.29) is 11.7 Å². The summed E-state index contributed by atoms with van der Waals surface area (Å²) >= 11 is 1.20. The fourth-order valence-electron chi connectivity index (χ4n) is 3.43. The van der Waals surface area contributed by atoms with E-state index >= 15 is 0 Å². The number of thioether (sulfide) groups is 1. The van der Waals surface area contributed by atoms with Crippen LogP contribution < -0.4 is 15.0 Å². The van der Waals surface area contributed by atoms with Gasteiger partial charge in [0.2, 0.25) is 5.91 Å². The van der Waals surface area contributed by atoms with Crippen LogP contribution >= 0.6 is 11.8 Å². The van der Waals surface area contributed by atoms with E-state index in [1.807, 2.05) is 36.4 Å². The molecule has 4 rings (SSSR count). The largest absolute Gasteiger partial charge is 0.496 e. The van der Waals surface area contributed by atoms with E-state index in [4.69, 9.17) is 9.15 Å². The number of aromatic nitrogens is 2. The van der Waals surface area contributed by atoms with E-state index < -0.39 is 0 Å². The lowest BCUT2D eigenvalue weighted by atomic mass is 10.1. The lowest BCUT2D eigenvalue weighted by Crippen LogP contribution is -2.29. The van der Waals surface area contributed by atoms with Crippen molar-refractivity contribution < 1.29 is 13.9 Å². The number of para-hydroxylation sites is 1. The molecule has 2 aromatic carbocycles. The fourth-order valence-corrected chi connectivity index (χ4v) is 3.99. The van der Waals surface area contributed by atoms with Crippen LogP contribution in [-0.4, -0.2) is 42.1 Å². The topological polar surface area (TPSA) is 80.5 Å². The predicted molar refractivity (Wildman–Crippen MR) is 118 cm³/mol. The third-order valence-corrected chi connectivity index (χ3v) is 5.76. The van der Waals surface area contributed by atoms with Crippen LogP contribution in [0.5, 0.6) is 5.75 Å². The molecule has 1 aliphatic heterocycles. The van der Waals surface area contributed by atoms with Gasteiger partial charge in [-0.05, 0) is 55.7 Å². The van der Waals surface area contributed by atoms with Gasteiger partial charge in [-0.25, -0.2) is 0 Å². The summed E-state index contributed by atoms with van der Waals surface area (Å²) in [4.78, 5) is 14.7. The summed E-state index contributed by atoms with van der Waals surface area (Å²) in [6.45, 7) is 2.20. The van der Waals surface area contributed by atoms with Crippen LogP contribution in [0.2, 0.25) is 0 Å². The molecule has 0 unspecified atom stereocenters. The van der Waals surface area contributed by atoms with Gasteiger partial charge in [0.05, 0.1) is 18.4 Å². The standard InChI is InChI=1S/C22H24N4O3S/c1-28-19-8-4-3-7-18(19)21-24-25-22(29-21)30-15-20(27)23-16-9-11-17(12-10-16)26-13-5-2-6-14-26/h3-4,7-12H,2,5-6,13-15H2,1H3,(H,23,27). The zero-order valence-corrected chi connectivity index (χ0v) is 17.7. The molecule has 156 valence electrons. The number of ether oxygens (including phenoxy) is 1. The Hall–Kier alpha value is -3.00. The molecule has 0 aliphatic carbocycles. The smallest absolute Gasteiger partial charge is 0.277 e. The quantitative estimate of drug-likeness (QED) is 0.561. The number of hydrogen-bond acceptors (Lipinski definition) is 7. The van der Waals surface area contributed by atoms with Gasteiger partial charge in [-0.15, -0.1) is 10.2 Å². The molecule has 0 spiro atoms. The molecule has 0 saturated carbocycles. The third kappa shape index (κ3) is 4.94. The SMILES string of the molecule is COc1ccccc1-c1nnc(SCC(=O)Nc2ccc(N3CCCCC3)cc2)o1. The van der Waals surface area contributed by atoms with E-state index in [9.17, 15) is 4.79 Å². The molecule has 1 amide bonds. The number of methoxy groups -OCH3 is 1. The zero-order valence-electron chi connectivity index (χ0n) is 16.8. The first-order valence-electron chi connectivity index (χ1n) is 9.97. The first-order chi connectivity index (χ1) is 14.7. The van der Waals surface area contributed by atoms with Crippen molar-refractivity contribution in [1.82, 2.24) is 10.2 Å². The minimum absolute atomic E-state index is 0.122. The lowest BCUT2D eigenvalue weighted by molar-refractivity contribution is -0.113. The molecule has 30 heavy (non-hydrogen) atoms. The Bertz CT molecular complexity index is 984. The highest BCUT2D eigenvalue weighted by Gasteiger charge is 2.15. The minimum atomic E-state index is -0.122. The Labute approximate surface area is 179 Å². The van der Waals surface area contributed by atoms with Gasteiger partial charge in [-0.3, -0.25) is 4.79 Å². The van der Waals surface area contributed by atoms with E-state index in [2.05, 4.69) is 32.5 Å². The fraction of sp³-hybridized carbons (Fsp3) is 0.318. The maximum atomic E-state index is 12.3. The zero-order chi connectivity index (χ0) is 20.8. The summed E-state index contributed by atoms with van der Waals surface area (Å²) in [7, 11) is 1.59. The first-order valence-corrected chi connectivity index (χ1v) is 11.0. The molecule has 1 N–H and O–H groups in total. The summed E-state index contributed by atoms with van der Waals surface area (Å²) in [5, 5.41) is 11.3. The number of anilines is 2. The average Bonchev–Trinajstić information content (AvgIpc) is 3.28. The summed E-state index contributed by atoms with van der Waals surface area (Å²) in [6, 6.07) is 15.4. The van der Waals surface area contributed by atoms with Gasteiger partial charge in [0.1, 0.15) is 5.75 Å². The van der Waals surface area contributed by atoms with Crippen LogP contribution in [0.15, 0.2) is 58.2 Å². The molecule has 1 saturated heterocycles. The van der Waals surface area contributed by atoms with Crippen molar-refractivity contribution in [1.29, 1.82) is 0 Å². The minimum Gasteiger partial charge on any atom is -0.496 e. The molecule has 2 heterocycles. The van der Waals surface area contributed by atoms with Crippen molar-refractivity contribution in [3.05, 3.63) is 48.5 Å². The number of amides is 1. The monoisotopic (exact) mass is 424 g/mol. The molecule has 0 bridgehead atoms. The van der Waals surface area contributed by atoms with Crippen molar-refractivity contribution in [3.63, 3.8) is 0 Å².